The Hall–Kier alpha value is -2.69. The molecule has 1 aliphatic heterocycles. The van der Waals surface area contributed by atoms with Gasteiger partial charge in [-0.05, 0) is 75.5 Å². The molecule has 33 heavy (non-hydrogen) atoms. The molecule has 0 bridgehead atoms. The maximum absolute atomic E-state index is 12.5. The van der Waals surface area contributed by atoms with Crippen LogP contribution >= 0.6 is 0 Å². The van der Waals surface area contributed by atoms with Crippen molar-refractivity contribution in [2.75, 3.05) is 27.2 Å². The molecular formula is C26H29F3N2O2. The van der Waals surface area contributed by atoms with Crippen LogP contribution in [0.5, 0.6) is 0 Å². The summed E-state index contributed by atoms with van der Waals surface area (Å²) >= 11 is 0. The number of carbonyl (C=O) groups excluding carboxylic acids is 1. The van der Waals surface area contributed by atoms with E-state index in [4.69, 9.17) is 4.74 Å². The zero-order valence-corrected chi connectivity index (χ0v) is 19.0. The van der Waals surface area contributed by atoms with Crippen LogP contribution in [0.4, 0.5) is 13.2 Å². The van der Waals surface area contributed by atoms with Crippen LogP contribution in [0.25, 0.3) is 0 Å². The van der Waals surface area contributed by atoms with Crippen molar-refractivity contribution in [2.24, 2.45) is 0 Å². The number of methoxy groups -OCH3 is 1. The molecular weight excluding hydrogens is 429 g/mol. The molecule has 2 fully saturated rings. The van der Waals surface area contributed by atoms with Crippen molar-refractivity contribution in [1.82, 2.24) is 4.90 Å². The van der Waals surface area contributed by atoms with Gasteiger partial charge in [0.05, 0.1) is 22.6 Å². The minimum absolute atomic E-state index is 0.0680. The van der Waals surface area contributed by atoms with E-state index in [1.54, 1.807) is 7.11 Å². The molecule has 4 nitrogen and oxygen atoms in total. The standard InChI is InChI=1S/C14H15F3N2.C12H14O2/c1-19-8-6-13(10-18,7-9-19)11-2-4-12(5-3-11)14(15,16)17;1-14-12(7-2-8-12)11-5-3-10(9-13)4-6-11/h2-5H,6-9H2,1H3;3-6,9H,2,7-8H2,1H3. The maximum Gasteiger partial charge on any atom is 0.416 e. The van der Waals surface area contributed by atoms with Crippen molar-refractivity contribution in [3.63, 3.8) is 0 Å². The summed E-state index contributed by atoms with van der Waals surface area (Å²) in [5.74, 6) is 0. The zero-order valence-electron chi connectivity index (χ0n) is 19.0. The molecule has 2 aromatic carbocycles. The van der Waals surface area contributed by atoms with Crippen molar-refractivity contribution >= 4 is 6.29 Å². The number of aldehydes is 1. The van der Waals surface area contributed by atoms with Gasteiger partial charge in [-0.1, -0.05) is 36.4 Å². The van der Waals surface area contributed by atoms with Crippen LogP contribution in [0.15, 0.2) is 48.5 Å². The molecule has 1 aliphatic carbocycles. The summed E-state index contributed by atoms with van der Waals surface area (Å²) in [6.45, 7) is 1.57. The van der Waals surface area contributed by atoms with E-state index >= 15 is 0 Å². The van der Waals surface area contributed by atoms with Gasteiger partial charge in [0.25, 0.3) is 0 Å². The fraction of sp³-hybridized carbons (Fsp3) is 0.462. The number of halogens is 3. The van der Waals surface area contributed by atoms with Crippen LogP contribution in [-0.2, 0) is 21.9 Å². The number of rotatable bonds is 4. The second-order valence-corrected chi connectivity index (χ2v) is 8.86. The Balaban J connectivity index is 0.000000194. The number of ether oxygens (including phenoxy) is 1. The summed E-state index contributed by atoms with van der Waals surface area (Å²) in [5, 5.41) is 9.42. The van der Waals surface area contributed by atoms with Gasteiger partial charge >= 0.3 is 6.18 Å². The highest BCUT2D eigenvalue weighted by Crippen LogP contribution is 2.44. The Morgan fingerprint density at radius 2 is 1.52 bits per heavy atom. The van der Waals surface area contributed by atoms with Crippen LogP contribution in [0.2, 0.25) is 0 Å². The lowest BCUT2D eigenvalue weighted by molar-refractivity contribution is -0.137. The smallest absolute Gasteiger partial charge is 0.374 e. The average molecular weight is 459 g/mol. The Morgan fingerprint density at radius 3 is 1.91 bits per heavy atom. The lowest BCUT2D eigenvalue weighted by Crippen LogP contribution is -2.39. The van der Waals surface area contributed by atoms with E-state index in [0.29, 0.717) is 18.4 Å². The molecule has 176 valence electrons. The third-order valence-electron chi connectivity index (χ3n) is 6.94. The molecule has 0 atom stereocenters. The first-order valence-corrected chi connectivity index (χ1v) is 11.1. The molecule has 0 radical (unpaired) electrons. The third-order valence-corrected chi connectivity index (χ3v) is 6.94. The Labute approximate surface area is 193 Å². The molecule has 0 N–H and O–H groups in total. The van der Waals surface area contributed by atoms with Crippen LogP contribution in [0.3, 0.4) is 0 Å². The molecule has 1 saturated carbocycles. The summed E-state index contributed by atoms with van der Waals surface area (Å²) < 4.78 is 43.1. The minimum Gasteiger partial charge on any atom is -0.374 e. The van der Waals surface area contributed by atoms with Crippen molar-refractivity contribution in [3.05, 3.63) is 70.8 Å². The van der Waals surface area contributed by atoms with E-state index in [1.807, 2.05) is 31.3 Å². The number of piperidine rings is 1. The molecule has 4 rings (SSSR count). The predicted molar refractivity (Wildman–Crippen MR) is 120 cm³/mol. The summed E-state index contributed by atoms with van der Waals surface area (Å²) in [6, 6.07) is 15.0. The van der Waals surface area contributed by atoms with Gasteiger partial charge in [0.1, 0.15) is 6.29 Å². The van der Waals surface area contributed by atoms with Crippen LogP contribution in [0, 0.1) is 11.3 Å². The van der Waals surface area contributed by atoms with Gasteiger partial charge in [-0.15, -0.1) is 0 Å². The third kappa shape index (κ3) is 5.45. The Bertz CT molecular complexity index is 961. The number of alkyl halides is 3. The first kappa shape index (κ1) is 24.9. The zero-order chi connectivity index (χ0) is 24.1. The highest BCUT2D eigenvalue weighted by molar-refractivity contribution is 5.74. The lowest BCUT2D eigenvalue weighted by atomic mass is 9.74. The average Bonchev–Trinajstić information content (AvgIpc) is 2.80. The summed E-state index contributed by atoms with van der Waals surface area (Å²) in [4.78, 5) is 12.6. The van der Waals surface area contributed by atoms with Gasteiger partial charge < -0.3 is 9.64 Å². The second kappa shape index (κ2) is 10.1. The van der Waals surface area contributed by atoms with Gasteiger partial charge in [0, 0.05) is 12.7 Å². The Kier molecular flexibility index (Phi) is 7.61. The first-order valence-electron chi connectivity index (χ1n) is 11.1. The molecule has 0 spiro atoms. The second-order valence-electron chi connectivity index (χ2n) is 8.86. The van der Waals surface area contributed by atoms with Crippen molar-refractivity contribution in [2.45, 2.75) is 49.3 Å². The highest BCUT2D eigenvalue weighted by Gasteiger charge is 2.39. The number of hydrogen-bond donors (Lipinski definition) is 0. The molecule has 7 heteroatoms. The van der Waals surface area contributed by atoms with Crippen LogP contribution in [0.1, 0.15) is 59.2 Å². The summed E-state index contributed by atoms with van der Waals surface area (Å²) in [7, 11) is 3.74. The maximum atomic E-state index is 12.5. The van der Waals surface area contributed by atoms with Crippen LogP contribution in [-0.4, -0.2) is 38.4 Å². The predicted octanol–water partition coefficient (Wildman–Crippen LogP) is 5.72. The van der Waals surface area contributed by atoms with E-state index < -0.39 is 17.2 Å². The quantitative estimate of drug-likeness (QED) is 0.550. The number of likely N-dealkylation sites (tertiary alicyclic amines) is 1. The van der Waals surface area contributed by atoms with Gasteiger partial charge in [-0.25, -0.2) is 0 Å². The number of carbonyl (C=O) groups is 1. The first-order chi connectivity index (χ1) is 15.7. The molecule has 0 unspecified atom stereocenters. The molecule has 1 saturated heterocycles. The number of nitrogens with zero attached hydrogens (tertiary/aromatic N) is 2. The number of benzene rings is 2. The number of nitriles is 1. The number of hydrogen-bond acceptors (Lipinski definition) is 4. The minimum atomic E-state index is -4.33. The Morgan fingerprint density at radius 1 is 0.970 bits per heavy atom. The van der Waals surface area contributed by atoms with Crippen molar-refractivity contribution in [1.29, 1.82) is 5.26 Å². The van der Waals surface area contributed by atoms with Crippen LogP contribution < -0.4 is 0 Å². The molecule has 0 amide bonds. The largest absolute Gasteiger partial charge is 0.416 e. The van der Waals surface area contributed by atoms with E-state index in [9.17, 15) is 23.2 Å². The van der Waals surface area contributed by atoms with E-state index in [-0.39, 0.29) is 5.60 Å². The van der Waals surface area contributed by atoms with Crippen molar-refractivity contribution < 1.29 is 22.7 Å². The van der Waals surface area contributed by atoms with Gasteiger partial charge in [-0.2, -0.15) is 18.4 Å². The SMILES string of the molecule is CN1CCC(C#N)(c2ccc(C(F)(F)F)cc2)CC1.COC1(c2ccc(C=O)cc2)CCC1. The normalized spacial score (nSPS) is 19.4. The van der Waals surface area contributed by atoms with Crippen molar-refractivity contribution in [3.8, 4) is 6.07 Å². The molecule has 0 aromatic heterocycles. The highest BCUT2D eigenvalue weighted by atomic mass is 19.4. The van der Waals surface area contributed by atoms with Gasteiger partial charge in [0.15, 0.2) is 0 Å². The lowest BCUT2D eigenvalue weighted by Gasteiger charge is -2.41. The van der Waals surface area contributed by atoms with E-state index in [2.05, 4.69) is 11.0 Å². The molecule has 2 aliphatic rings. The summed E-state index contributed by atoms with van der Waals surface area (Å²) in [6.07, 6.45) is 1.25. The summed E-state index contributed by atoms with van der Waals surface area (Å²) in [5.41, 5.74) is 1.22. The van der Waals surface area contributed by atoms with E-state index in [1.165, 1.54) is 24.1 Å². The molecule has 2 aromatic rings. The fourth-order valence-electron chi connectivity index (χ4n) is 4.42. The van der Waals surface area contributed by atoms with E-state index in [0.717, 1.165) is 49.9 Å². The topological polar surface area (TPSA) is 53.3 Å². The monoisotopic (exact) mass is 458 g/mol. The fourth-order valence-corrected chi connectivity index (χ4v) is 4.42. The van der Waals surface area contributed by atoms with Gasteiger partial charge in [0.2, 0.25) is 0 Å². The molecule has 1 heterocycles. The van der Waals surface area contributed by atoms with Gasteiger partial charge in [-0.3, -0.25) is 4.79 Å².